The van der Waals surface area contributed by atoms with Crippen molar-refractivity contribution in [3.8, 4) is 11.6 Å². The molecule has 0 aliphatic carbocycles. The lowest BCUT2D eigenvalue weighted by atomic mass is 10.2. The molecule has 0 fully saturated rings. The standard InChI is InChI=1S/C14H17N3O6S/c1-4-23-12-6-5-9(7-10(12)14(18)19)24(20,21)16-11-8-17(2)15-13(11)22-3/h5-8,16H,4H2,1-3H3,(H,18,19). The van der Waals surface area contributed by atoms with Crippen LogP contribution >= 0.6 is 0 Å². The van der Waals surface area contributed by atoms with Crippen LogP contribution in [0, 0.1) is 0 Å². The van der Waals surface area contributed by atoms with E-state index < -0.39 is 16.0 Å². The van der Waals surface area contributed by atoms with Crippen LogP contribution in [-0.4, -0.2) is 43.0 Å². The van der Waals surface area contributed by atoms with E-state index in [4.69, 9.17) is 9.47 Å². The number of aromatic carboxylic acids is 1. The summed E-state index contributed by atoms with van der Waals surface area (Å²) in [6, 6.07) is 3.61. The number of benzene rings is 1. The van der Waals surface area contributed by atoms with E-state index in [2.05, 4.69) is 9.82 Å². The van der Waals surface area contributed by atoms with Crippen molar-refractivity contribution >= 4 is 21.7 Å². The second-order valence-corrected chi connectivity index (χ2v) is 6.41. The summed E-state index contributed by atoms with van der Waals surface area (Å²) in [4.78, 5) is 11.1. The highest BCUT2D eigenvalue weighted by molar-refractivity contribution is 7.92. The Morgan fingerprint density at radius 2 is 2.12 bits per heavy atom. The van der Waals surface area contributed by atoms with Gasteiger partial charge in [-0.05, 0) is 25.1 Å². The summed E-state index contributed by atoms with van der Waals surface area (Å²) in [7, 11) is -1.05. The third-order valence-electron chi connectivity index (χ3n) is 3.02. The van der Waals surface area contributed by atoms with E-state index in [1.807, 2.05) is 0 Å². The number of hydrogen-bond acceptors (Lipinski definition) is 6. The minimum atomic E-state index is -4.02. The Morgan fingerprint density at radius 1 is 1.42 bits per heavy atom. The number of ether oxygens (including phenoxy) is 2. The Morgan fingerprint density at radius 3 is 2.71 bits per heavy atom. The van der Waals surface area contributed by atoms with Gasteiger partial charge < -0.3 is 14.6 Å². The number of aryl methyl sites for hydroxylation is 1. The molecule has 10 heteroatoms. The first kappa shape index (κ1) is 17.6. The molecule has 24 heavy (non-hydrogen) atoms. The van der Waals surface area contributed by atoms with E-state index in [1.165, 1.54) is 30.1 Å². The molecule has 0 amide bonds. The first-order chi connectivity index (χ1) is 11.3. The fourth-order valence-corrected chi connectivity index (χ4v) is 3.08. The number of rotatable bonds is 7. The van der Waals surface area contributed by atoms with Crippen molar-refractivity contribution in [1.29, 1.82) is 0 Å². The molecule has 0 aliphatic rings. The van der Waals surface area contributed by atoms with Gasteiger partial charge in [-0.25, -0.2) is 13.2 Å². The maximum absolute atomic E-state index is 12.5. The summed E-state index contributed by atoms with van der Waals surface area (Å²) >= 11 is 0. The first-order valence-corrected chi connectivity index (χ1v) is 8.37. The molecule has 0 saturated carbocycles. The van der Waals surface area contributed by atoms with Crippen molar-refractivity contribution in [2.24, 2.45) is 7.05 Å². The van der Waals surface area contributed by atoms with Crippen molar-refractivity contribution in [2.75, 3.05) is 18.4 Å². The molecule has 0 bridgehead atoms. The highest BCUT2D eigenvalue weighted by Crippen LogP contribution is 2.27. The van der Waals surface area contributed by atoms with E-state index in [0.717, 1.165) is 6.07 Å². The van der Waals surface area contributed by atoms with Crippen molar-refractivity contribution in [3.05, 3.63) is 30.0 Å². The van der Waals surface area contributed by atoms with E-state index in [1.54, 1.807) is 14.0 Å². The number of carbonyl (C=O) groups is 1. The average Bonchev–Trinajstić information content (AvgIpc) is 2.86. The van der Waals surface area contributed by atoms with E-state index in [-0.39, 0.29) is 34.4 Å². The lowest BCUT2D eigenvalue weighted by molar-refractivity contribution is 0.0692. The molecule has 2 rings (SSSR count). The molecule has 130 valence electrons. The topological polar surface area (TPSA) is 120 Å². The molecule has 0 aliphatic heterocycles. The fourth-order valence-electron chi connectivity index (χ4n) is 2.02. The predicted molar refractivity (Wildman–Crippen MR) is 85.1 cm³/mol. The van der Waals surface area contributed by atoms with Crippen molar-refractivity contribution < 1.29 is 27.8 Å². The second-order valence-electron chi connectivity index (χ2n) is 4.73. The molecule has 2 aromatic rings. The number of sulfonamides is 1. The molecule has 1 aromatic carbocycles. The number of carboxylic acids is 1. The molecular formula is C14H17N3O6S. The molecular weight excluding hydrogens is 338 g/mol. The summed E-state index contributed by atoms with van der Waals surface area (Å²) in [6.07, 6.45) is 1.43. The van der Waals surface area contributed by atoms with Crippen LogP contribution in [0.5, 0.6) is 11.6 Å². The van der Waals surface area contributed by atoms with Gasteiger partial charge in [-0.15, -0.1) is 5.10 Å². The minimum absolute atomic E-state index is 0.0999. The normalized spacial score (nSPS) is 11.1. The van der Waals surface area contributed by atoms with Gasteiger partial charge in [-0.3, -0.25) is 9.40 Å². The SMILES string of the molecule is CCOc1ccc(S(=O)(=O)Nc2cn(C)nc2OC)cc1C(=O)O. The Kier molecular flexibility index (Phi) is 4.98. The number of aromatic nitrogens is 2. The smallest absolute Gasteiger partial charge is 0.339 e. The molecule has 1 aromatic heterocycles. The molecule has 1 heterocycles. The molecule has 0 saturated heterocycles. The minimum Gasteiger partial charge on any atom is -0.493 e. The van der Waals surface area contributed by atoms with Gasteiger partial charge in [0.1, 0.15) is 17.0 Å². The highest BCUT2D eigenvalue weighted by Gasteiger charge is 2.22. The van der Waals surface area contributed by atoms with Crippen LogP contribution in [0.15, 0.2) is 29.3 Å². The monoisotopic (exact) mass is 355 g/mol. The number of nitrogens with zero attached hydrogens (tertiary/aromatic N) is 2. The van der Waals surface area contributed by atoms with Gasteiger partial charge in [0.2, 0.25) is 0 Å². The number of methoxy groups -OCH3 is 1. The van der Waals surface area contributed by atoms with E-state index in [9.17, 15) is 18.3 Å². The lowest BCUT2D eigenvalue weighted by Gasteiger charge is -2.11. The number of nitrogens with one attached hydrogen (secondary N) is 1. The Bertz CT molecular complexity index is 859. The quantitative estimate of drug-likeness (QED) is 0.768. The first-order valence-electron chi connectivity index (χ1n) is 6.89. The summed E-state index contributed by atoms with van der Waals surface area (Å²) < 4.78 is 38.9. The number of hydrogen-bond donors (Lipinski definition) is 2. The second kappa shape index (κ2) is 6.79. The summed E-state index contributed by atoms with van der Waals surface area (Å²) in [6.45, 7) is 1.96. The predicted octanol–water partition coefficient (Wildman–Crippen LogP) is 1.33. The van der Waals surface area contributed by atoms with Gasteiger partial charge in [0.15, 0.2) is 0 Å². The van der Waals surface area contributed by atoms with Crippen LogP contribution in [0.3, 0.4) is 0 Å². The Labute approximate surface area is 138 Å². The fraction of sp³-hybridized carbons (Fsp3) is 0.286. The van der Waals surface area contributed by atoms with Gasteiger partial charge in [0.25, 0.3) is 15.9 Å². The van der Waals surface area contributed by atoms with Crippen LogP contribution in [-0.2, 0) is 17.1 Å². The van der Waals surface area contributed by atoms with Crippen molar-refractivity contribution in [2.45, 2.75) is 11.8 Å². The van der Waals surface area contributed by atoms with Crippen molar-refractivity contribution in [1.82, 2.24) is 9.78 Å². The number of anilines is 1. The maximum Gasteiger partial charge on any atom is 0.339 e. The Balaban J connectivity index is 2.42. The van der Waals surface area contributed by atoms with Crippen LogP contribution in [0.25, 0.3) is 0 Å². The molecule has 9 nitrogen and oxygen atoms in total. The third kappa shape index (κ3) is 3.59. The Hall–Kier alpha value is -2.75. The summed E-state index contributed by atoms with van der Waals surface area (Å²) in [5.41, 5.74) is -0.0939. The van der Waals surface area contributed by atoms with E-state index >= 15 is 0 Å². The van der Waals surface area contributed by atoms with Gasteiger partial charge in [0.05, 0.1) is 24.8 Å². The molecule has 0 spiro atoms. The lowest BCUT2D eigenvalue weighted by Crippen LogP contribution is -2.14. The van der Waals surface area contributed by atoms with Gasteiger partial charge in [0, 0.05) is 7.05 Å². The van der Waals surface area contributed by atoms with Crippen LogP contribution < -0.4 is 14.2 Å². The molecule has 0 radical (unpaired) electrons. The summed E-state index contributed by atoms with van der Waals surface area (Å²) in [5.74, 6) is -1.08. The van der Waals surface area contributed by atoms with Crippen LogP contribution in [0.2, 0.25) is 0 Å². The summed E-state index contributed by atoms with van der Waals surface area (Å²) in [5, 5.41) is 13.2. The number of carboxylic acid groups (broad SMARTS) is 1. The zero-order valence-corrected chi connectivity index (χ0v) is 14.1. The zero-order chi connectivity index (χ0) is 17.9. The largest absolute Gasteiger partial charge is 0.493 e. The molecule has 2 N–H and O–H groups in total. The zero-order valence-electron chi connectivity index (χ0n) is 13.3. The average molecular weight is 355 g/mol. The molecule has 0 unspecified atom stereocenters. The van der Waals surface area contributed by atoms with Gasteiger partial charge in [-0.2, -0.15) is 0 Å². The van der Waals surface area contributed by atoms with Crippen LogP contribution in [0.4, 0.5) is 5.69 Å². The molecule has 0 atom stereocenters. The van der Waals surface area contributed by atoms with Crippen molar-refractivity contribution in [3.63, 3.8) is 0 Å². The van der Waals surface area contributed by atoms with E-state index in [0.29, 0.717) is 0 Å². The maximum atomic E-state index is 12.5. The van der Waals surface area contributed by atoms with Gasteiger partial charge in [-0.1, -0.05) is 0 Å². The third-order valence-corrected chi connectivity index (χ3v) is 4.39. The highest BCUT2D eigenvalue weighted by atomic mass is 32.2. The van der Waals surface area contributed by atoms with Gasteiger partial charge >= 0.3 is 5.97 Å². The van der Waals surface area contributed by atoms with Crippen LogP contribution in [0.1, 0.15) is 17.3 Å².